The van der Waals surface area contributed by atoms with E-state index in [1.165, 1.54) is 0 Å². The molecule has 0 saturated heterocycles. The Balaban J connectivity index is 2.44. The van der Waals surface area contributed by atoms with Crippen LogP contribution in [-0.4, -0.2) is 6.54 Å². The smallest absolute Gasteiger partial charge is 0.0453 e. The van der Waals surface area contributed by atoms with E-state index in [0.717, 1.165) is 30.0 Å². The van der Waals surface area contributed by atoms with E-state index in [1.807, 2.05) is 24.3 Å². The van der Waals surface area contributed by atoms with Crippen molar-refractivity contribution in [3.8, 4) is 12.3 Å². The van der Waals surface area contributed by atoms with E-state index < -0.39 is 0 Å². The van der Waals surface area contributed by atoms with Crippen LogP contribution in [0.15, 0.2) is 24.3 Å². The third-order valence-electron chi connectivity index (χ3n) is 2.32. The van der Waals surface area contributed by atoms with Gasteiger partial charge in [0, 0.05) is 17.5 Å². The highest BCUT2D eigenvalue weighted by Gasteiger charge is 2.07. The van der Waals surface area contributed by atoms with E-state index in [-0.39, 0.29) is 6.04 Å². The van der Waals surface area contributed by atoms with Gasteiger partial charge < -0.3 is 5.32 Å². The van der Waals surface area contributed by atoms with Crippen LogP contribution in [-0.2, 0) is 0 Å². The molecule has 1 N–H and O–H groups in total. The Morgan fingerprint density at radius 3 is 2.87 bits per heavy atom. The normalized spacial score (nSPS) is 12.1. The summed E-state index contributed by atoms with van der Waals surface area (Å²) in [6.45, 7) is 3.04. The van der Waals surface area contributed by atoms with Gasteiger partial charge in [0.05, 0.1) is 0 Å². The standard InChI is InChI=1S/C13H16ClN/c1-3-4-7-10-15-11(2)12-8-5-6-9-13(12)14/h1,5-6,8-9,11,15H,4,7,10H2,2H3. The molecule has 0 aliphatic rings. The van der Waals surface area contributed by atoms with Crippen LogP contribution in [0.1, 0.15) is 31.4 Å². The van der Waals surface area contributed by atoms with Crippen molar-refractivity contribution < 1.29 is 0 Å². The molecule has 0 saturated carbocycles. The molecule has 1 nitrogen and oxygen atoms in total. The lowest BCUT2D eigenvalue weighted by atomic mass is 10.1. The van der Waals surface area contributed by atoms with Crippen LogP contribution in [0.4, 0.5) is 0 Å². The molecule has 2 heteroatoms. The first-order chi connectivity index (χ1) is 7.25. The van der Waals surface area contributed by atoms with Crippen LogP contribution in [0, 0.1) is 12.3 Å². The van der Waals surface area contributed by atoms with E-state index in [4.69, 9.17) is 18.0 Å². The summed E-state index contributed by atoms with van der Waals surface area (Å²) in [6, 6.07) is 8.17. The zero-order chi connectivity index (χ0) is 11.1. The fourth-order valence-corrected chi connectivity index (χ4v) is 1.74. The first-order valence-corrected chi connectivity index (χ1v) is 5.54. The van der Waals surface area contributed by atoms with Gasteiger partial charge in [-0.05, 0) is 31.5 Å². The Hall–Kier alpha value is -0.970. The summed E-state index contributed by atoms with van der Waals surface area (Å²) in [5.74, 6) is 2.63. The quantitative estimate of drug-likeness (QED) is 0.594. The molecule has 0 radical (unpaired) electrons. The Bertz CT molecular complexity index is 341. The number of rotatable bonds is 5. The molecule has 1 rings (SSSR count). The van der Waals surface area contributed by atoms with Crippen LogP contribution < -0.4 is 5.32 Å². The highest BCUT2D eigenvalue weighted by molar-refractivity contribution is 6.31. The maximum Gasteiger partial charge on any atom is 0.0453 e. The number of hydrogen-bond donors (Lipinski definition) is 1. The van der Waals surface area contributed by atoms with Crippen LogP contribution in [0.3, 0.4) is 0 Å². The van der Waals surface area contributed by atoms with Gasteiger partial charge in [-0.3, -0.25) is 0 Å². The van der Waals surface area contributed by atoms with Gasteiger partial charge in [-0.25, -0.2) is 0 Å². The van der Waals surface area contributed by atoms with E-state index in [9.17, 15) is 0 Å². The molecule has 0 amide bonds. The van der Waals surface area contributed by atoms with Gasteiger partial charge in [0.15, 0.2) is 0 Å². The first kappa shape index (κ1) is 12.1. The predicted octanol–water partition coefficient (Wildman–Crippen LogP) is 3.40. The Kier molecular flexibility index (Phi) is 5.25. The Labute approximate surface area is 96.8 Å². The topological polar surface area (TPSA) is 12.0 Å². The molecule has 15 heavy (non-hydrogen) atoms. The summed E-state index contributed by atoms with van der Waals surface area (Å²) >= 11 is 6.09. The molecular formula is C13H16ClN. The van der Waals surface area contributed by atoms with E-state index in [2.05, 4.69) is 18.2 Å². The van der Waals surface area contributed by atoms with Gasteiger partial charge in [-0.2, -0.15) is 0 Å². The van der Waals surface area contributed by atoms with Crippen LogP contribution >= 0.6 is 11.6 Å². The number of terminal acetylenes is 1. The lowest BCUT2D eigenvalue weighted by Crippen LogP contribution is -2.19. The molecular weight excluding hydrogens is 206 g/mol. The van der Waals surface area contributed by atoms with E-state index in [1.54, 1.807) is 0 Å². The second-order valence-electron chi connectivity index (χ2n) is 3.51. The van der Waals surface area contributed by atoms with Gasteiger partial charge in [-0.1, -0.05) is 29.8 Å². The second kappa shape index (κ2) is 6.50. The van der Waals surface area contributed by atoms with Crippen molar-refractivity contribution in [1.29, 1.82) is 0 Å². The molecule has 80 valence electrons. The molecule has 0 bridgehead atoms. The molecule has 0 aromatic heterocycles. The van der Waals surface area contributed by atoms with E-state index in [0.29, 0.717) is 0 Å². The van der Waals surface area contributed by atoms with Gasteiger partial charge in [0.1, 0.15) is 0 Å². The first-order valence-electron chi connectivity index (χ1n) is 5.17. The molecule has 0 aliphatic heterocycles. The minimum atomic E-state index is 0.275. The van der Waals surface area contributed by atoms with Crippen molar-refractivity contribution in [2.75, 3.05) is 6.54 Å². The molecule has 1 atom stereocenters. The third kappa shape index (κ3) is 3.95. The number of nitrogens with one attached hydrogen (secondary N) is 1. The van der Waals surface area contributed by atoms with Crippen molar-refractivity contribution in [2.45, 2.75) is 25.8 Å². The summed E-state index contributed by atoms with van der Waals surface area (Å²) in [4.78, 5) is 0. The van der Waals surface area contributed by atoms with Crippen molar-refractivity contribution >= 4 is 11.6 Å². The lowest BCUT2D eigenvalue weighted by molar-refractivity contribution is 0.563. The number of halogens is 1. The molecule has 0 fully saturated rings. The zero-order valence-electron chi connectivity index (χ0n) is 8.96. The minimum Gasteiger partial charge on any atom is -0.310 e. The van der Waals surface area contributed by atoms with E-state index >= 15 is 0 Å². The van der Waals surface area contributed by atoms with Crippen LogP contribution in [0.2, 0.25) is 5.02 Å². The average molecular weight is 222 g/mol. The highest BCUT2D eigenvalue weighted by atomic mass is 35.5. The summed E-state index contributed by atoms with van der Waals surface area (Å²) in [6.07, 6.45) is 7.01. The van der Waals surface area contributed by atoms with Crippen molar-refractivity contribution in [3.63, 3.8) is 0 Å². The summed E-state index contributed by atoms with van der Waals surface area (Å²) in [5.41, 5.74) is 1.14. The molecule has 1 unspecified atom stereocenters. The average Bonchev–Trinajstić information content (AvgIpc) is 2.25. The Morgan fingerprint density at radius 1 is 1.47 bits per heavy atom. The van der Waals surface area contributed by atoms with Crippen LogP contribution in [0.5, 0.6) is 0 Å². The van der Waals surface area contributed by atoms with Crippen LogP contribution in [0.25, 0.3) is 0 Å². The highest BCUT2D eigenvalue weighted by Crippen LogP contribution is 2.21. The monoisotopic (exact) mass is 221 g/mol. The number of benzene rings is 1. The lowest BCUT2D eigenvalue weighted by Gasteiger charge is -2.15. The second-order valence-corrected chi connectivity index (χ2v) is 3.91. The predicted molar refractivity (Wildman–Crippen MR) is 65.9 cm³/mol. The molecule has 0 heterocycles. The Morgan fingerprint density at radius 2 is 2.20 bits per heavy atom. The molecule has 1 aromatic carbocycles. The van der Waals surface area contributed by atoms with Gasteiger partial charge >= 0.3 is 0 Å². The number of unbranched alkanes of at least 4 members (excludes halogenated alkanes) is 1. The van der Waals surface area contributed by atoms with Crippen molar-refractivity contribution in [3.05, 3.63) is 34.9 Å². The summed E-state index contributed by atoms with van der Waals surface area (Å²) in [7, 11) is 0. The number of hydrogen-bond acceptors (Lipinski definition) is 1. The van der Waals surface area contributed by atoms with Gasteiger partial charge in [0.2, 0.25) is 0 Å². The SMILES string of the molecule is C#CCCCNC(C)c1ccccc1Cl. The van der Waals surface area contributed by atoms with Crippen molar-refractivity contribution in [2.24, 2.45) is 0 Å². The third-order valence-corrected chi connectivity index (χ3v) is 2.66. The summed E-state index contributed by atoms with van der Waals surface area (Å²) in [5, 5.41) is 4.21. The fourth-order valence-electron chi connectivity index (χ4n) is 1.45. The molecule has 1 aromatic rings. The maximum atomic E-state index is 6.09. The van der Waals surface area contributed by atoms with Gasteiger partial charge in [0.25, 0.3) is 0 Å². The maximum absolute atomic E-state index is 6.09. The van der Waals surface area contributed by atoms with Crippen molar-refractivity contribution in [1.82, 2.24) is 5.32 Å². The van der Waals surface area contributed by atoms with Gasteiger partial charge in [-0.15, -0.1) is 12.3 Å². The molecule has 0 spiro atoms. The minimum absolute atomic E-state index is 0.275. The fraction of sp³-hybridized carbons (Fsp3) is 0.385. The largest absolute Gasteiger partial charge is 0.310 e. The zero-order valence-corrected chi connectivity index (χ0v) is 9.72. The summed E-state index contributed by atoms with van der Waals surface area (Å²) < 4.78 is 0. The molecule has 0 aliphatic carbocycles.